The van der Waals surface area contributed by atoms with Crippen molar-refractivity contribution in [2.24, 2.45) is 29.1 Å². The number of allylic oxidation sites excluding steroid dienone is 3. The number of nitrogens with one attached hydrogen (secondary N) is 1. The Kier molecular flexibility index (Phi) is 4.26. The minimum Gasteiger partial charge on any atom is -0.451 e. The molecule has 1 heterocycles. The predicted molar refractivity (Wildman–Crippen MR) is 106 cm³/mol. The highest BCUT2D eigenvalue weighted by Gasteiger charge is 2.66. The van der Waals surface area contributed by atoms with E-state index in [9.17, 15) is 4.79 Å². The number of carbonyl (C=O) groups is 1. The van der Waals surface area contributed by atoms with Gasteiger partial charge in [0.2, 0.25) is 0 Å². The maximum atomic E-state index is 11.9. The Balaban J connectivity index is 0.00000180. The molecule has 5 aliphatic rings. The summed E-state index contributed by atoms with van der Waals surface area (Å²) < 4.78 is 5.99. The molecule has 5 rings (SSSR count). The molecule has 0 aromatic rings. The summed E-state index contributed by atoms with van der Waals surface area (Å²) in [6, 6.07) is 0. The molecule has 4 heteroatoms. The zero-order valence-corrected chi connectivity index (χ0v) is 16.2. The molecule has 4 aliphatic carbocycles. The minimum atomic E-state index is -0.347. The molecular weight excluding hydrogens is 338 g/mol. The maximum Gasteiger partial charge on any atom is 0.331 e. The number of fused-ring (bicyclic) bond motifs is 6. The minimum absolute atomic E-state index is 0. The Morgan fingerprint density at radius 2 is 2.07 bits per heavy atom. The van der Waals surface area contributed by atoms with E-state index in [1.165, 1.54) is 30.4 Å². The van der Waals surface area contributed by atoms with Crippen molar-refractivity contribution in [1.29, 1.82) is 5.41 Å². The average Bonchev–Trinajstić information content (AvgIpc) is 3.17. The lowest BCUT2D eigenvalue weighted by Gasteiger charge is -2.56. The highest BCUT2D eigenvalue weighted by atomic mass is 16.6. The van der Waals surface area contributed by atoms with Gasteiger partial charge in [-0.15, -0.1) is 0 Å². The van der Waals surface area contributed by atoms with Gasteiger partial charge in [-0.25, -0.2) is 4.79 Å². The van der Waals surface area contributed by atoms with E-state index in [4.69, 9.17) is 10.1 Å². The summed E-state index contributed by atoms with van der Waals surface area (Å²) in [6.45, 7) is 6.72. The van der Waals surface area contributed by atoms with Crippen molar-refractivity contribution in [2.45, 2.75) is 63.9 Å². The molecule has 6 atom stereocenters. The molecule has 3 saturated carbocycles. The molecule has 0 radical (unpaired) electrons. The van der Waals surface area contributed by atoms with Crippen LogP contribution in [0.15, 0.2) is 36.0 Å². The summed E-state index contributed by atoms with van der Waals surface area (Å²) in [5.41, 5.74) is 3.19. The molecule has 3 unspecified atom stereocenters. The molecule has 3 fully saturated rings. The molecule has 3 N–H and O–H groups in total. The molecule has 4 nitrogen and oxygen atoms in total. The quantitative estimate of drug-likeness (QED) is 0.704. The second-order valence-corrected chi connectivity index (χ2v) is 9.24. The fraction of sp³-hybridized carbons (Fsp3) is 0.652. The van der Waals surface area contributed by atoms with Crippen LogP contribution in [0.2, 0.25) is 0 Å². The summed E-state index contributed by atoms with van der Waals surface area (Å²) in [5, 5.41) is 8.07. The van der Waals surface area contributed by atoms with Gasteiger partial charge in [0, 0.05) is 17.2 Å². The van der Waals surface area contributed by atoms with Crippen molar-refractivity contribution in [2.75, 3.05) is 0 Å². The molecule has 1 aliphatic heterocycles. The van der Waals surface area contributed by atoms with E-state index in [0.29, 0.717) is 17.8 Å². The zero-order valence-electron chi connectivity index (χ0n) is 16.2. The first-order chi connectivity index (χ1) is 12.5. The Morgan fingerprint density at radius 1 is 1.26 bits per heavy atom. The number of hydrogen-bond donors (Lipinski definition) is 1. The second-order valence-electron chi connectivity index (χ2n) is 9.24. The van der Waals surface area contributed by atoms with Crippen molar-refractivity contribution < 1.29 is 15.0 Å². The van der Waals surface area contributed by atoms with Crippen LogP contribution in [0.1, 0.15) is 58.3 Å². The van der Waals surface area contributed by atoms with E-state index in [-0.39, 0.29) is 22.5 Å². The first kappa shape index (κ1) is 18.7. The van der Waals surface area contributed by atoms with Gasteiger partial charge in [-0.05, 0) is 92.8 Å². The third kappa shape index (κ3) is 2.32. The Morgan fingerprint density at radius 3 is 2.78 bits per heavy atom. The van der Waals surface area contributed by atoms with Crippen molar-refractivity contribution in [3.63, 3.8) is 0 Å². The van der Waals surface area contributed by atoms with Crippen molar-refractivity contribution >= 4 is 11.7 Å². The van der Waals surface area contributed by atoms with Crippen LogP contribution >= 0.6 is 0 Å². The van der Waals surface area contributed by atoms with Gasteiger partial charge in [0.1, 0.15) is 5.60 Å². The van der Waals surface area contributed by atoms with E-state index >= 15 is 0 Å². The van der Waals surface area contributed by atoms with E-state index in [0.717, 1.165) is 43.7 Å². The molecule has 0 amide bonds. The monoisotopic (exact) mass is 369 g/mol. The Bertz CT molecular complexity index is 766. The molecule has 27 heavy (non-hydrogen) atoms. The molecule has 0 bridgehead atoms. The van der Waals surface area contributed by atoms with Crippen LogP contribution in [0.5, 0.6) is 0 Å². The lowest BCUT2D eigenvalue weighted by atomic mass is 9.49. The summed E-state index contributed by atoms with van der Waals surface area (Å²) in [6.07, 6.45) is 14.6. The van der Waals surface area contributed by atoms with Crippen LogP contribution in [0.25, 0.3) is 0 Å². The van der Waals surface area contributed by atoms with Crippen LogP contribution in [0, 0.1) is 34.5 Å². The molecule has 0 aromatic carbocycles. The van der Waals surface area contributed by atoms with Gasteiger partial charge < -0.3 is 15.6 Å². The number of carbonyl (C=O) groups excluding carboxylic acids is 1. The number of esters is 1. The van der Waals surface area contributed by atoms with Crippen LogP contribution in [-0.2, 0) is 9.53 Å². The first-order valence-corrected chi connectivity index (χ1v) is 10.4. The Hall–Kier alpha value is -1.68. The number of hydrogen-bond acceptors (Lipinski definition) is 3. The standard InChI is InChI=1S/C23H29NO2.H2O/c1-3-22-9-6-17-16-5-4-15(24)13-18(16)14(2)12-19(17)20(22)7-10-23(22)11-8-21(25)26-23;/h8,11,13,16-17,19-20,24H,2-7,9-10,12H2,1H3;1H2/t16-,17?,19?,20?,22+,23-;/m1./s1. The Labute approximate surface area is 161 Å². The summed E-state index contributed by atoms with van der Waals surface area (Å²) in [7, 11) is 0. The van der Waals surface area contributed by atoms with E-state index in [1.807, 2.05) is 0 Å². The maximum absolute atomic E-state index is 11.9. The SMILES string of the molecule is C=C1CC2C(CC[C@@]3(CC)C2CC[C@@]32C=CC(=O)O2)[C@H]2CCC(=N)C=C12.O. The largest absolute Gasteiger partial charge is 0.451 e. The fourth-order valence-corrected chi connectivity index (χ4v) is 7.59. The summed E-state index contributed by atoms with van der Waals surface area (Å²) >= 11 is 0. The van der Waals surface area contributed by atoms with Gasteiger partial charge in [0.15, 0.2) is 0 Å². The highest BCUT2D eigenvalue weighted by molar-refractivity contribution is 5.94. The van der Waals surface area contributed by atoms with E-state index in [2.05, 4.69) is 25.7 Å². The van der Waals surface area contributed by atoms with Gasteiger partial charge >= 0.3 is 5.97 Å². The molecule has 0 aromatic heterocycles. The summed E-state index contributed by atoms with van der Waals surface area (Å²) in [5.74, 6) is 2.47. The third-order valence-electron chi connectivity index (χ3n) is 8.63. The normalized spacial score (nSPS) is 44.9. The summed E-state index contributed by atoms with van der Waals surface area (Å²) in [4.78, 5) is 11.9. The third-order valence-corrected chi connectivity index (χ3v) is 8.63. The highest BCUT2D eigenvalue weighted by Crippen LogP contribution is 2.68. The second kappa shape index (κ2) is 6.16. The topological polar surface area (TPSA) is 81.7 Å². The van der Waals surface area contributed by atoms with Gasteiger partial charge in [-0.3, -0.25) is 0 Å². The van der Waals surface area contributed by atoms with E-state index < -0.39 is 0 Å². The van der Waals surface area contributed by atoms with Crippen LogP contribution in [-0.4, -0.2) is 22.8 Å². The van der Waals surface area contributed by atoms with Crippen LogP contribution in [0.4, 0.5) is 0 Å². The number of ether oxygens (including phenoxy) is 1. The van der Waals surface area contributed by atoms with Crippen LogP contribution < -0.4 is 0 Å². The van der Waals surface area contributed by atoms with Gasteiger partial charge in [-0.1, -0.05) is 19.1 Å². The van der Waals surface area contributed by atoms with Crippen molar-refractivity contribution in [3.05, 3.63) is 36.0 Å². The molecule has 1 spiro atoms. The smallest absolute Gasteiger partial charge is 0.331 e. The first-order valence-electron chi connectivity index (χ1n) is 10.4. The van der Waals surface area contributed by atoms with Gasteiger partial charge in [0.25, 0.3) is 0 Å². The molecule has 146 valence electrons. The zero-order chi connectivity index (χ0) is 18.1. The lowest BCUT2D eigenvalue weighted by Crippen LogP contribution is -2.53. The van der Waals surface area contributed by atoms with Gasteiger partial charge in [-0.2, -0.15) is 0 Å². The fourth-order valence-electron chi connectivity index (χ4n) is 7.59. The average molecular weight is 370 g/mol. The van der Waals surface area contributed by atoms with Crippen molar-refractivity contribution in [1.82, 2.24) is 0 Å². The van der Waals surface area contributed by atoms with Crippen LogP contribution in [0.3, 0.4) is 0 Å². The predicted octanol–water partition coefficient (Wildman–Crippen LogP) is 4.16. The lowest BCUT2D eigenvalue weighted by molar-refractivity contribution is -0.163. The van der Waals surface area contributed by atoms with E-state index in [1.54, 1.807) is 6.08 Å². The van der Waals surface area contributed by atoms with Gasteiger partial charge in [0.05, 0.1) is 0 Å². The molecule has 0 saturated heterocycles. The number of rotatable bonds is 1. The molecular formula is C23H31NO3. The van der Waals surface area contributed by atoms with Crippen molar-refractivity contribution in [3.8, 4) is 0 Å².